The molecule has 1 aliphatic heterocycles. The van der Waals surface area contributed by atoms with Gasteiger partial charge < -0.3 is 10.1 Å². The Hall–Kier alpha value is -1.62. The van der Waals surface area contributed by atoms with Crippen molar-refractivity contribution in [3.05, 3.63) is 23.9 Å². The second kappa shape index (κ2) is 6.43. The summed E-state index contributed by atoms with van der Waals surface area (Å²) >= 11 is 0. The number of nitrogens with one attached hydrogen (secondary N) is 1. The molecule has 116 valence electrons. The van der Waals surface area contributed by atoms with E-state index in [1.807, 2.05) is 32.9 Å². The summed E-state index contributed by atoms with van der Waals surface area (Å²) in [6.45, 7) is 6.59. The third kappa shape index (κ3) is 4.17. The van der Waals surface area contributed by atoms with Crippen molar-refractivity contribution in [2.75, 3.05) is 18.5 Å². The van der Waals surface area contributed by atoms with E-state index >= 15 is 0 Å². The summed E-state index contributed by atoms with van der Waals surface area (Å²) in [6, 6.07) is 4.21. The molecule has 0 spiro atoms. The molecule has 1 amide bonds. The van der Waals surface area contributed by atoms with Crippen molar-refractivity contribution >= 4 is 11.9 Å². The lowest BCUT2D eigenvalue weighted by atomic mass is 9.98. The average Bonchev–Trinajstić information content (AvgIpc) is 2.45. The number of aromatic nitrogens is 1. The van der Waals surface area contributed by atoms with E-state index in [9.17, 15) is 4.79 Å². The van der Waals surface area contributed by atoms with Gasteiger partial charge >= 0.3 is 6.09 Å². The lowest BCUT2D eigenvalue weighted by Gasteiger charge is -2.29. The van der Waals surface area contributed by atoms with Crippen LogP contribution in [0.5, 0.6) is 0 Å². The third-order valence-corrected chi connectivity index (χ3v) is 3.49. The molecule has 5 heteroatoms. The summed E-state index contributed by atoms with van der Waals surface area (Å²) in [5.74, 6) is 0.672. The highest BCUT2D eigenvalue weighted by molar-refractivity contribution is 5.87. The van der Waals surface area contributed by atoms with Gasteiger partial charge in [0.15, 0.2) is 0 Å². The number of hydrogen-bond acceptors (Lipinski definition) is 4. The van der Waals surface area contributed by atoms with Crippen LogP contribution in [0.25, 0.3) is 0 Å². The number of carbonyl (C=O) groups is 1. The lowest BCUT2D eigenvalue weighted by Crippen LogP contribution is -2.36. The average molecular weight is 291 g/mol. The van der Waals surface area contributed by atoms with Gasteiger partial charge in [-0.3, -0.25) is 4.90 Å². The van der Waals surface area contributed by atoms with Gasteiger partial charge in [-0.25, -0.2) is 9.78 Å². The van der Waals surface area contributed by atoms with Gasteiger partial charge in [-0.1, -0.05) is 12.5 Å². The molecule has 1 atom stereocenters. The predicted molar refractivity (Wildman–Crippen MR) is 83.5 cm³/mol. The number of carbonyl (C=O) groups excluding carboxylic acids is 1. The van der Waals surface area contributed by atoms with Crippen LogP contribution in [0.1, 0.15) is 51.6 Å². The zero-order chi connectivity index (χ0) is 15.5. The van der Waals surface area contributed by atoms with E-state index < -0.39 is 5.60 Å². The molecule has 2 heterocycles. The lowest BCUT2D eigenvalue weighted by molar-refractivity contribution is 0.0588. The van der Waals surface area contributed by atoms with Crippen LogP contribution in [0.3, 0.4) is 0 Å². The standard InChI is InChI=1S/C16H25N3O2/c1-16(2,3)21-15(20)19(4)14-12(8-7-11-18-14)13-9-5-6-10-17-13/h7-8,11,13,17H,5-6,9-10H2,1-4H3/t13-/m0/s1. The quantitative estimate of drug-likeness (QED) is 0.908. The molecule has 0 bridgehead atoms. The Labute approximate surface area is 126 Å². The summed E-state index contributed by atoms with van der Waals surface area (Å²) in [5.41, 5.74) is 0.550. The molecule has 21 heavy (non-hydrogen) atoms. The number of piperidine rings is 1. The first kappa shape index (κ1) is 15.8. The monoisotopic (exact) mass is 291 g/mol. The fourth-order valence-corrected chi connectivity index (χ4v) is 2.50. The van der Waals surface area contributed by atoms with Gasteiger partial charge in [0.05, 0.1) is 0 Å². The molecular weight excluding hydrogens is 266 g/mol. The van der Waals surface area contributed by atoms with Crippen molar-refractivity contribution in [1.29, 1.82) is 0 Å². The van der Waals surface area contributed by atoms with E-state index in [0.717, 1.165) is 18.5 Å². The topological polar surface area (TPSA) is 54.5 Å². The Morgan fingerprint density at radius 1 is 1.43 bits per heavy atom. The highest BCUT2D eigenvalue weighted by Gasteiger charge is 2.26. The van der Waals surface area contributed by atoms with E-state index in [0.29, 0.717) is 5.82 Å². The highest BCUT2D eigenvalue weighted by Crippen LogP contribution is 2.29. The Balaban J connectivity index is 2.20. The van der Waals surface area contributed by atoms with Crippen LogP contribution in [0.2, 0.25) is 0 Å². The van der Waals surface area contributed by atoms with E-state index in [-0.39, 0.29) is 12.1 Å². The van der Waals surface area contributed by atoms with Crippen molar-refractivity contribution in [2.45, 2.75) is 51.7 Å². The van der Waals surface area contributed by atoms with Crippen LogP contribution in [0.15, 0.2) is 18.3 Å². The minimum atomic E-state index is -0.511. The molecule has 0 unspecified atom stereocenters. The van der Waals surface area contributed by atoms with Crippen LogP contribution < -0.4 is 10.2 Å². The van der Waals surface area contributed by atoms with Gasteiger partial charge in [-0.2, -0.15) is 0 Å². The number of hydrogen-bond donors (Lipinski definition) is 1. The maximum Gasteiger partial charge on any atom is 0.415 e. The fraction of sp³-hybridized carbons (Fsp3) is 0.625. The molecule has 1 aliphatic rings. The van der Waals surface area contributed by atoms with E-state index in [1.54, 1.807) is 13.2 Å². The minimum absolute atomic E-state index is 0.257. The van der Waals surface area contributed by atoms with Crippen molar-refractivity contribution in [3.8, 4) is 0 Å². The Bertz CT molecular complexity index is 491. The van der Waals surface area contributed by atoms with Gasteiger partial charge in [0.1, 0.15) is 11.4 Å². The van der Waals surface area contributed by atoms with Crippen LogP contribution in [0, 0.1) is 0 Å². The SMILES string of the molecule is CN(C(=O)OC(C)(C)C)c1ncccc1[C@@H]1CCCCN1. The smallest absolute Gasteiger partial charge is 0.415 e. The van der Waals surface area contributed by atoms with Crippen molar-refractivity contribution in [2.24, 2.45) is 0 Å². The largest absolute Gasteiger partial charge is 0.443 e. The first-order chi connectivity index (χ1) is 9.88. The Kier molecular flexibility index (Phi) is 4.83. The zero-order valence-corrected chi connectivity index (χ0v) is 13.3. The van der Waals surface area contributed by atoms with Gasteiger partial charge in [0.25, 0.3) is 0 Å². The fourth-order valence-electron chi connectivity index (χ4n) is 2.50. The molecule has 1 N–H and O–H groups in total. The van der Waals surface area contributed by atoms with Gasteiger partial charge in [0.2, 0.25) is 0 Å². The van der Waals surface area contributed by atoms with Crippen molar-refractivity contribution in [1.82, 2.24) is 10.3 Å². The van der Waals surface area contributed by atoms with Crippen LogP contribution in [-0.4, -0.2) is 30.3 Å². The number of rotatable bonds is 2. The molecule has 0 aliphatic carbocycles. The molecular formula is C16H25N3O2. The maximum absolute atomic E-state index is 12.2. The summed E-state index contributed by atoms with van der Waals surface area (Å²) in [7, 11) is 1.71. The van der Waals surface area contributed by atoms with Gasteiger partial charge in [-0.05, 0) is 46.2 Å². The van der Waals surface area contributed by atoms with E-state index in [4.69, 9.17) is 4.74 Å². The van der Waals surface area contributed by atoms with Crippen LogP contribution in [-0.2, 0) is 4.74 Å². The van der Waals surface area contributed by atoms with Gasteiger partial charge in [0, 0.05) is 24.8 Å². The van der Waals surface area contributed by atoms with E-state index in [1.165, 1.54) is 17.7 Å². The molecule has 0 radical (unpaired) electrons. The van der Waals surface area contributed by atoms with Crippen molar-refractivity contribution < 1.29 is 9.53 Å². The highest BCUT2D eigenvalue weighted by atomic mass is 16.6. The summed E-state index contributed by atoms with van der Waals surface area (Å²) < 4.78 is 5.42. The van der Waals surface area contributed by atoms with Gasteiger partial charge in [-0.15, -0.1) is 0 Å². The third-order valence-electron chi connectivity index (χ3n) is 3.49. The molecule has 2 rings (SSSR count). The first-order valence-corrected chi connectivity index (χ1v) is 7.53. The minimum Gasteiger partial charge on any atom is -0.443 e. The second-order valence-corrected chi connectivity index (χ2v) is 6.46. The summed E-state index contributed by atoms with van der Waals surface area (Å²) in [6.07, 6.45) is 4.80. The Morgan fingerprint density at radius 2 is 2.19 bits per heavy atom. The van der Waals surface area contributed by atoms with Crippen LogP contribution >= 0.6 is 0 Å². The second-order valence-electron chi connectivity index (χ2n) is 6.46. The molecule has 1 fully saturated rings. The molecule has 1 saturated heterocycles. The molecule has 0 saturated carbocycles. The van der Waals surface area contributed by atoms with Crippen molar-refractivity contribution in [3.63, 3.8) is 0 Å². The van der Waals surface area contributed by atoms with E-state index in [2.05, 4.69) is 10.3 Å². The number of amides is 1. The normalized spacial score (nSPS) is 19.1. The maximum atomic E-state index is 12.2. The Morgan fingerprint density at radius 3 is 2.81 bits per heavy atom. The molecule has 0 aromatic carbocycles. The molecule has 1 aromatic heterocycles. The molecule has 1 aromatic rings. The molecule has 5 nitrogen and oxygen atoms in total. The zero-order valence-electron chi connectivity index (χ0n) is 13.3. The number of ether oxygens (including phenoxy) is 1. The summed E-state index contributed by atoms with van der Waals surface area (Å²) in [5, 5.41) is 3.50. The first-order valence-electron chi connectivity index (χ1n) is 7.53. The number of nitrogens with zero attached hydrogens (tertiary/aromatic N) is 2. The predicted octanol–water partition coefficient (Wildman–Crippen LogP) is 3.27. The number of pyridine rings is 1. The summed E-state index contributed by atoms with van der Waals surface area (Å²) in [4.78, 5) is 18.1. The van der Waals surface area contributed by atoms with Crippen LogP contribution in [0.4, 0.5) is 10.6 Å². The number of anilines is 1.